The molecule has 2 rings (SSSR count). The van der Waals surface area contributed by atoms with Crippen molar-refractivity contribution in [2.75, 3.05) is 6.54 Å². The van der Waals surface area contributed by atoms with Gasteiger partial charge in [-0.25, -0.2) is 4.39 Å². The molecular weight excluding hydrogens is 307 g/mol. The van der Waals surface area contributed by atoms with Crippen molar-refractivity contribution in [3.8, 4) is 0 Å². The molecule has 0 aliphatic heterocycles. The lowest BCUT2D eigenvalue weighted by Gasteiger charge is -2.15. The van der Waals surface area contributed by atoms with Crippen molar-refractivity contribution in [1.82, 2.24) is 10.6 Å². The minimum atomic E-state index is -0.412. The third-order valence-electron chi connectivity index (χ3n) is 3.78. The molecule has 0 saturated heterocycles. The first kappa shape index (κ1) is 17.7. The Kier molecular flexibility index (Phi) is 6.07. The number of aryl methyl sites for hydroxylation is 1. The van der Waals surface area contributed by atoms with E-state index in [-0.39, 0.29) is 18.5 Å². The molecule has 1 unspecified atom stereocenters. The summed E-state index contributed by atoms with van der Waals surface area (Å²) in [5, 5.41) is 5.36. The van der Waals surface area contributed by atoms with Gasteiger partial charge in [-0.05, 0) is 48.7 Å². The van der Waals surface area contributed by atoms with Crippen molar-refractivity contribution in [3.63, 3.8) is 0 Å². The number of hydrogen-bond acceptors (Lipinski definition) is 2. The summed E-state index contributed by atoms with van der Waals surface area (Å²) in [4.78, 5) is 23.8. The van der Waals surface area contributed by atoms with Crippen molar-refractivity contribution in [2.24, 2.45) is 0 Å². The lowest BCUT2D eigenvalue weighted by Crippen LogP contribution is -2.38. The van der Waals surface area contributed by atoms with E-state index in [1.165, 1.54) is 29.8 Å². The zero-order valence-electron chi connectivity index (χ0n) is 13.8. The van der Waals surface area contributed by atoms with E-state index >= 15 is 0 Å². The van der Waals surface area contributed by atoms with Gasteiger partial charge < -0.3 is 10.6 Å². The predicted octanol–water partition coefficient (Wildman–Crippen LogP) is 3.00. The molecule has 2 aromatic carbocycles. The molecule has 0 heterocycles. The van der Waals surface area contributed by atoms with E-state index in [4.69, 9.17) is 0 Å². The molecule has 0 saturated carbocycles. The fourth-order valence-electron chi connectivity index (χ4n) is 2.28. The maximum Gasteiger partial charge on any atom is 0.251 e. The van der Waals surface area contributed by atoms with E-state index in [2.05, 4.69) is 17.6 Å². The van der Waals surface area contributed by atoms with Crippen LogP contribution in [0.5, 0.6) is 0 Å². The van der Waals surface area contributed by atoms with E-state index in [0.717, 1.165) is 12.0 Å². The number of halogens is 1. The number of carbonyl (C=O) groups excluding carboxylic acids is 2. The molecule has 0 spiro atoms. The normalized spacial score (nSPS) is 11.6. The maximum atomic E-state index is 12.8. The summed E-state index contributed by atoms with van der Waals surface area (Å²) in [5.41, 5.74) is 2.56. The molecule has 0 radical (unpaired) electrons. The van der Waals surface area contributed by atoms with Gasteiger partial charge in [-0.2, -0.15) is 0 Å². The number of amides is 2. The topological polar surface area (TPSA) is 58.2 Å². The van der Waals surface area contributed by atoms with Gasteiger partial charge in [0.2, 0.25) is 5.91 Å². The van der Waals surface area contributed by atoms with Crippen LogP contribution in [-0.2, 0) is 11.2 Å². The Bertz CT molecular complexity index is 696. The van der Waals surface area contributed by atoms with E-state index in [0.29, 0.717) is 5.56 Å². The standard InChI is InChI=1S/C19H21FN2O2/c1-3-14-4-6-15(7-5-14)13(2)22-18(23)12-21-19(24)16-8-10-17(20)11-9-16/h4-11,13H,3,12H2,1-2H3,(H,21,24)(H,22,23). The van der Waals surface area contributed by atoms with Crippen molar-refractivity contribution < 1.29 is 14.0 Å². The zero-order chi connectivity index (χ0) is 17.5. The third kappa shape index (κ3) is 4.91. The van der Waals surface area contributed by atoms with Gasteiger partial charge in [0, 0.05) is 5.56 Å². The average molecular weight is 328 g/mol. The van der Waals surface area contributed by atoms with Crippen molar-refractivity contribution in [3.05, 3.63) is 71.0 Å². The number of carbonyl (C=O) groups is 2. The molecule has 5 heteroatoms. The van der Waals surface area contributed by atoms with Crippen LogP contribution >= 0.6 is 0 Å². The van der Waals surface area contributed by atoms with Crippen LogP contribution in [0.2, 0.25) is 0 Å². The van der Waals surface area contributed by atoms with Crippen LogP contribution < -0.4 is 10.6 Å². The highest BCUT2D eigenvalue weighted by Gasteiger charge is 2.11. The Balaban J connectivity index is 1.83. The van der Waals surface area contributed by atoms with Crippen molar-refractivity contribution in [2.45, 2.75) is 26.3 Å². The minimum Gasteiger partial charge on any atom is -0.348 e. The second-order valence-electron chi connectivity index (χ2n) is 5.57. The molecule has 126 valence electrons. The minimum absolute atomic E-state index is 0.131. The molecule has 0 aliphatic carbocycles. The summed E-state index contributed by atoms with van der Waals surface area (Å²) >= 11 is 0. The van der Waals surface area contributed by atoms with Gasteiger partial charge in [-0.15, -0.1) is 0 Å². The molecule has 0 aliphatic rings. The second-order valence-corrected chi connectivity index (χ2v) is 5.57. The van der Waals surface area contributed by atoms with E-state index < -0.39 is 11.7 Å². The number of nitrogens with one attached hydrogen (secondary N) is 2. The quantitative estimate of drug-likeness (QED) is 0.856. The first-order valence-corrected chi connectivity index (χ1v) is 7.91. The lowest BCUT2D eigenvalue weighted by molar-refractivity contribution is -0.120. The van der Waals surface area contributed by atoms with Crippen LogP contribution in [0.15, 0.2) is 48.5 Å². The van der Waals surface area contributed by atoms with E-state index in [1.54, 1.807) is 0 Å². The van der Waals surface area contributed by atoms with E-state index in [9.17, 15) is 14.0 Å². The molecule has 0 fully saturated rings. The highest BCUT2D eigenvalue weighted by atomic mass is 19.1. The molecule has 2 aromatic rings. The molecule has 0 aromatic heterocycles. The smallest absolute Gasteiger partial charge is 0.251 e. The summed E-state index contributed by atoms with van der Waals surface area (Å²) in [6, 6.07) is 13.1. The first-order chi connectivity index (χ1) is 11.5. The van der Waals surface area contributed by atoms with E-state index in [1.807, 2.05) is 31.2 Å². The Morgan fingerprint density at radius 2 is 1.67 bits per heavy atom. The average Bonchev–Trinajstić information content (AvgIpc) is 2.60. The van der Waals surface area contributed by atoms with Crippen LogP contribution in [0.3, 0.4) is 0 Å². The molecule has 1 atom stereocenters. The molecule has 2 amide bonds. The van der Waals surface area contributed by atoms with Crippen LogP contribution in [0, 0.1) is 5.82 Å². The van der Waals surface area contributed by atoms with Crippen LogP contribution in [0.4, 0.5) is 4.39 Å². The first-order valence-electron chi connectivity index (χ1n) is 7.91. The predicted molar refractivity (Wildman–Crippen MR) is 91.1 cm³/mol. The van der Waals surface area contributed by atoms with Gasteiger partial charge in [0.25, 0.3) is 5.91 Å². The summed E-state index contributed by atoms with van der Waals surface area (Å²) < 4.78 is 12.8. The number of benzene rings is 2. The highest BCUT2D eigenvalue weighted by molar-refractivity contribution is 5.96. The van der Waals surface area contributed by atoms with Gasteiger partial charge in [-0.1, -0.05) is 31.2 Å². The Morgan fingerprint density at radius 1 is 1.04 bits per heavy atom. The van der Waals surface area contributed by atoms with Gasteiger partial charge in [0.1, 0.15) is 5.82 Å². The zero-order valence-corrected chi connectivity index (χ0v) is 13.8. The summed E-state index contributed by atoms with van der Waals surface area (Å²) in [6.45, 7) is 3.85. The summed E-state index contributed by atoms with van der Waals surface area (Å²) in [7, 11) is 0. The Labute approximate surface area is 141 Å². The number of rotatable bonds is 6. The Morgan fingerprint density at radius 3 is 2.25 bits per heavy atom. The monoisotopic (exact) mass is 328 g/mol. The lowest BCUT2D eigenvalue weighted by atomic mass is 10.1. The van der Waals surface area contributed by atoms with Gasteiger partial charge in [0.15, 0.2) is 0 Å². The molecule has 0 bridgehead atoms. The molecule has 4 nitrogen and oxygen atoms in total. The molecular formula is C19H21FN2O2. The van der Waals surface area contributed by atoms with Crippen LogP contribution in [0.1, 0.15) is 41.4 Å². The maximum absolute atomic E-state index is 12.8. The second kappa shape index (κ2) is 8.24. The van der Waals surface area contributed by atoms with Crippen molar-refractivity contribution >= 4 is 11.8 Å². The SMILES string of the molecule is CCc1ccc(C(C)NC(=O)CNC(=O)c2ccc(F)cc2)cc1. The Hall–Kier alpha value is -2.69. The van der Waals surface area contributed by atoms with Gasteiger partial charge >= 0.3 is 0 Å². The molecule has 24 heavy (non-hydrogen) atoms. The number of hydrogen-bond donors (Lipinski definition) is 2. The van der Waals surface area contributed by atoms with Gasteiger partial charge in [-0.3, -0.25) is 9.59 Å². The largest absolute Gasteiger partial charge is 0.348 e. The van der Waals surface area contributed by atoms with Crippen LogP contribution in [0.25, 0.3) is 0 Å². The van der Waals surface area contributed by atoms with Crippen molar-refractivity contribution in [1.29, 1.82) is 0 Å². The third-order valence-corrected chi connectivity index (χ3v) is 3.78. The fourth-order valence-corrected chi connectivity index (χ4v) is 2.28. The summed E-state index contributed by atoms with van der Waals surface area (Å²) in [6.07, 6.45) is 0.969. The fraction of sp³-hybridized carbons (Fsp3) is 0.263. The van der Waals surface area contributed by atoms with Crippen LogP contribution in [-0.4, -0.2) is 18.4 Å². The van der Waals surface area contributed by atoms with Gasteiger partial charge in [0.05, 0.1) is 12.6 Å². The molecule has 2 N–H and O–H groups in total. The summed E-state index contributed by atoms with van der Waals surface area (Å²) in [5.74, 6) is -1.10. The highest BCUT2D eigenvalue weighted by Crippen LogP contribution is 2.13.